The van der Waals surface area contributed by atoms with E-state index >= 15 is 0 Å². The molecule has 4 amide bonds. The third-order valence-corrected chi connectivity index (χ3v) is 5.45. The van der Waals surface area contributed by atoms with Gasteiger partial charge in [-0.05, 0) is 42.2 Å². The molecule has 4 rings (SSSR count). The molecule has 7 heteroatoms. The van der Waals surface area contributed by atoms with Gasteiger partial charge in [-0.15, -0.1) is 0 Å². The van der Waals surface area contributed by atoms with E-state index in [4.69, 9.17) is 4.74 Å². The fourth-order valence-electron chi connectivity index (χ4n) is 3.77. The summed E-state index contributed by atoms with van der Waals surface area (Å²) < 4.78 is 5.47. The molecule has 7 nitrogen and oxygen atoms in total. The Kier molecular flexibility index (Phi) is 4.77. The molecule has 2 N–H and O–H groups in total. The van der Waals surface area contributed by atoms with E-state index in [-0.39, 0.29) is 18.6 Å². The van der Waals surface area contributed by atoms with Crippen molar-refractivity contribution in [2.75, 3.05) is 19.7 Å². The van der Waals surface area contributed by atoms with E-state index in [1.807, 2.05) is 42.5 Å². The number of benzene rings is 2. The minimum atomic E-state index is -1.20. The second-order valence-electron chi connectivity index (χ2n) is 7.45. The van der Waals surface area contributed by atoms with Crippen LogP contribution in [0.2, 0.25) is 0 Å². The Morgan fingerprint density at radius 3 is 2.79 bits per heavy atom. The Balaban J connectivity index is 1.48. The molecule has 2 aromatic carbocycles. The number of nitrogens with one attached hydrogen (secondary N) is 2. The molecule has 28 heavy (non-hydrogen) atoms. The number of hydrogen-bond donors (Lipinski definition) is 2. The fraction of sp³-hybridized carbons (Fsp3) is 0.381. The molecule has 0 saturated carbocycles. The number of carbonyl (C=O) groups excluding carboxylic acids is 3. The van der Waals surface area contributed by atoms with Gasteiger partial charge >= 0.3 is 6.03 Å². The van der Waals surface area contributed by atoms with E-state index in [1.165, 1.54) is 0 Å². The minimum absolute atomic E-state index is 0.00919. The van der Waals surface area contributed by atoms with Crippen LogP contribution in [-0.4, -0.2) is 48.5 Å². The van der Waals surface area contributed by atoms with Crippen molar-refractivity contribution in [2.45, 2.75) is 31.4 Å². The summed E-state index contributed by atoms with van der Waals surface area (Å²) in [6, 6.07) is 12.9. The van der Waals surface area contributed by atoms with Crippen LogP contribution in [0.25, 0.3) is 10.8 Å². The second kappa shape index (κ2) is 7.24. The summed E-state index contributed by atoms with van der Waals surface area (Å²) >= 11 is 0. The number of amides is 4. The zero-order chi connectivity index (χ0) is 19.7. The van der Waals surface area contributed by atoms with Gasteiger partial charge in [0.05, 0.1) is 6.10 Å². The average Bonchev–Trinajstić information content (AvgIpc) is 3.29. The predicted octanol–water partition coefficient (Wildman–Crippen LogP) is 1.90. The van der Waals surface area contributed by atoms with Crippen LogP contribution in [0.3, 0.4) is 0 Å². The van der Waals surface area contributed by atoms with Gasteiger partial charge in [-0.25, -0.2) is 4.79 Å². The summed E-state index contributed by atoms with van der Waals surface area (Å²) in [5.41, 5.74) is -0.512. The zero-order valence-electron chi connectivity index (χ0n) is 15.7. The SMILES string of the molecule is CC1(c2ccc3ccccc3c2)NC(=O)N(CC(=O)NCC2CCCO2)C1=O. The summed E-state index contributed by atoms with van der Waals surface area (Å²) in [6.07, 6.45) is 1.90. The lowest BCUT2D eigenvalue weighted by Gasteiger charge is -2.22. The van der Waals surface area contributed by atoms with Gasteiger partial charge in [-0.3, -0.25) is 14.5 Å². The molecule has 0 bridgehead atoms. The molecular weight excluding hydrogens is 358 g/mol. The highest BCUT2D eigenvalue weighted by Gasteiger charge is 2.49. The van der Waals surface area contributed by atoms with Crippen molar-refractivity contribution in [3.63, 3.8) is 0 Å². The highest BCUT2D eigenvalue weighted by molar-refractivity contribution is 6.09. The quantitative estimate of drug-likeness (QED) is 0.775. The van der Waals surface area contributed by atoms with Crippen LogP contribution >= 0.6 is 0 Å². The molecule has 2 saturated heterocycles. The topological polar surface area (TPSA) is 87.7 Å². The van der Waals surface area contributed by atoms with Gasteiger partial charge in [0.1, 0.15) is 12.1 Å². The first-order valence-electron chi connectivity index (χ1n) is 9.49. The first-order chi connectivity index (χ1) is 13.5. The molecule has 2 atom stereocenters. The second-order valence-corrected chi connectivity index (χ2v) is 7.45. The summed E-state index contributed by atoms with van der Waals surface area (Å²) in [5, 5.41) is 7.53. The van der Waals surface area contributed by atoms with E-state index in [0.717, 1.165) is 28.5 Å². The highest BCUT2D eigenvalue weighted by Crippen LogP contribution is 2.30. The standard InChI is InChI=1S/C21H23N3O4/c1-21(16-9-8-14-5-2-3-6-15(14)11-16)19(26)24(20(27)23-21)13-18(25)22-12-17-7-4-10-28-17/h2-3,5-6,8-9,11,17H,4,7,10,12-13H2,1H3,(H,22,25)(H,23,27). The van der Waals surface area contributed by atoms with Crippen molar-refractivity contribution in [1.82, 2.24) is 15.5 Å². The number of rotatable bonds is 5. The number of hydrogen-bond acceptors (Lipinski definition) is 4. The van der Waals surface area contributed by atoms with Crippen molar-refractivity contribution in [1.29, 1.82) is 0 Å². The lowest BCUT2D eigenvalue weighted by molar-refractivity contribution is -0.134. The highest BCUT2D eigenvalue weighted by atomic mass is 16.5. The number of urea groups is 1. The van der Waals surface area contributed by atoms with Crippen molar-refractivity contribution in [3.8, 4) is 0 Å². The Bertz CT molecular complexity index is 938. The van der Waals surface area contributed by atoms with Crippen LogP contribution in [0.1, 0.15) is 25.3 Å². The monoisotopic (exact) mass is 381 g/mol. The van der Waals surface area contributed by atoms with E-state index in [2.05, 4.69) is 10.6 Å². The van der Waals surface area contributed by atoms with Gasteiger partial charge in [-0.2, -0.15) is 0 Å². The maximum atomic E-state index is 13.0. The van der Waals surface area contributed by atoms with Crippen LogP contribution in [0.15, 0.2) is 42.5 Å². The molecule has 146 valence electrons. The predicted molar refractivity (Wildman–Crippen MR) is 104 cm³/mol. The molecule has 0 aliphatic carbocycles. The van der Waals surface area contributed by atoms with Gasteiger partial charge in [-0.1, -0.05) is 36.4 Å². The maximum Gasteiger partial charge on any atom is 0.325 e. The Morgan fingerprint density at radius 2 is 2.04 bits per heavy atom. The minimum Gasteiger partial charge on any atom is -0.376 e. The summed E-state index contributed by atoms with van der Waals surface area (Å²) in [4.78, 5) is 38.6. The molecule has 2 aromatic rings. The van der Waals surface area contributed by atoms with Crippen molar-refractivity contribution in [3.05, 3.63) is 48.0 Å². The van der Waals surface area contributed by atoms with Crippen LogP contribution in [0.4, 0.5) is 4.79 Å². The van der Waals surface area contributed by atoms with Crippen molar-refractivity contribution >= 4 is 28.6 Å². The fourth-order valence-corrected chi connectivity index (χ4v) is 3.77. The molecular formula is C21H23N3O4. The summed E-state index contributed by atoms with van der Waals surface area (Å²) in [6.45, 7) is 2.46. The molecule has 2 aliphatic rings. The number of nitrogens with zero attached hydrogens (tertiary/aromatic N) is 1. The number of carbonyl (C=O) groups is 3. The first-order valence-corrected chi connectivity index (χ1v) is 9.49. The lowest BCUT2D eigenvalue weighted by Crippen LogP contribution is -2.44. The van der Waals surface area contributed by atoms with Crippen molar-refractivity contribution in [2.24, 2.45) is 0 Å². The lowest BCUT2D eigenvalue weighted by atomic mass is 9.90. The van der Waals surface area contributed by atoms with Crippen LogP contribution in [0, 0.1) is 0 Å². The third kappa shape index (κ3) is 3.33. The average molecular weight is 381 g/mol. The van der Waals surface area contributed by atoms with E-state index in [0.29, 0.717) is 18.7 Å². The van der Waals surface area contributed by atoms with Crippen LogP contribution in [0.5, 0.6) is 0 Å². The van der Waals surface area contributed by atoms with Crippen LogP contribution < -0.4 is 10.6 Å². The van der Waals surface area contributed by atoms with E-state index < -0.39 is 17.5 Å². The van der Waals surface area contributed by atoms with Crippen LogP contribution in [-0.2, 0) is 19.9 Å². The molecule has 2 unspecified atom stereocenters. The van der Waals surface area contributed by atoms with Gasteiger partial charge in [0, 0.05) is 13.2 Å². The molecule has 0 radical (unpaired) electrons. The Morgan fingerprint density at radius 1 is 1.25 bits per heavy atom. The van der Waals surface area contributed by atoms with E-state index in [1.54, 1.807) is 6.92 Å². The van der Waals surface area contributed by atoms with Gasteiger partial charge in [0.15, 0.2) is 0 Å². The number of fused-ring (bicyclic) bond motifs is 1. The van der Waals surface area contributed by atoms with Gasteiger partial charge in [0.2, 0.25) is 5.91 Å². The molecule has 2 fully saturated rings. The number of imide groups is 1. The largest absolute Gasteiger partial charge is 0.376 e. The van der Waals surface area contributed by atoms with Gasteiger partial charge in [0.25, 0.3) is 5.91 Å². The summed E-state index contributed by atoms with van der Waals surface area (Å²) in [7, 11) is 0. The Labute approximate surface area is 163 Å². The van der Waals surface area contributed by atoms with E-state index in [9.17, 15) is 14.4 Å². The Hall–Kier alpha value is -2.93. The van der Waals surface area contributed by atoms with Gasteiger partial charge < -0.3 is 15.4 Å². The first kappa shape index (κ1) is 18.4. The molecule has 0 aromatic heterocycles. The number of ether oxygens (including phenoxy) is 1. The van der Waals surface area contributed by atoms with Crippen molar-refractivity contribution < 1.29 is 19.1 Å². The smallest absolute Gasteiger partial charge is 0.325 e. The maximum absolute atomic E-state index is 13.0. The normalized spacial score (nSPS) is 24.6. The molecule has 0 spiro atoms. The molecule has 2 aliphatic heterocycles. The third-order valence-electron chi connectivity index (χ3n) is 5.45. The summed E-state index contributed by atoms with van der Waals surface area (Å²) in [5.74, 6) is -0.804. The molecule has 2 heterocycles. The zero-order valence-corrected chi connectivity index (χ0v) is 15.7.